The largest absolute Gasteiger partial charge is 0.229 e. The topological polar surface area (TPSA) is 87.2 Å². The molecule has 0 unspecified atom stereocenters. The van der Waals surface area contributed by atoms with Gasteiger partial charge in [-0.15, -0.1) is 10.2 Å². The smallest absolute Gasteiger partial charge is 0.181 e. The van der Waals surface area contributed by atoms with Crippen LogP contribution in [0, 0.1) is 0 Å². The molecular weight excluding hydrogens is 280 g/mol. The van der Waals surface area contributed by atoms with E-state index in [0.717, 1.165) is 11.1 Å². The van der Waals surface area contributed by atoms with Gasteiger partial charge in [0.05, 0.1) is 0 Å². The number of tetrazole rings is 2. The number of hydrogen-bond acceptors (Lipinski definition) is 6. The van der Waals surface area contributed by atoms with Gasteiger partial charge in [-0.2, -0.15) is 0 Å². The van der Waals surface area contributed by atoms with Gasteiger partial charge in [-0.05, 0) is 50.0 Å². The summed E-state index contributed by atoms with van der Waals surface area (Å²) < 4.78 is 3.31. The van der Waals surface area contributed by atoms with E-state index in [1.807, 2.05) is 20.2 Å². The second-order valence-corrected chi connectivity index (χ2v) is 6.30. The number of aryl methyl sites for hydroxylation is 2. The van der Waals surface area contributed by atoms with E-state index in [4.69, 9.17) is 0 Å². The fraction of sp³-hybridized carbons (Fsp3) is 0.429. The Bertz CT molecular complexity index is 750. The van der Waals surface area contributed by atoms with Crippen molar-refractivity contribution < 1.29 is 0 Å². The van der Waals surface area contributed by atoms with Gasteiger partial charge in [-0.1, -0.05) is 20.8 Å². The molecule has 0 amide bonds. The summed E-state index contributed by atoms with van der Waals surface area (Å²) in [4.78, 5) is 0. The quantitative estimate of drug-likeness (QED) is 0.710. The number of nitrogens with zero attached hydrogens (tertiary/aromatic N) is 8. The Labute approximate surface area is 128 Å². The fourth-order valence-corrected chi connectivity index (χ4v) is 2.27. The molecule has 3 aromatic rings. The van der Waals surface area contributed by atoms with E-state index < -0.39 is 0 Å². The number of aromatic nitrogens is 8. The van der Waals surface area contributed by atoms with Crippen molar-refractivity contribution in [1.82, 2.24) is 40.4 Å². The highest BCUT2D eigenvalue weighted by Gasteiger charge is 2.19. The van der Waals surface area contributed by atoms with E-state index in [1.165, 1.54) is 5.56 Å². The van der Waals surface area contributed by atoms with Crippen LogP contribution in [0.5, 0.6) is 0 Å². The van der Waals surface area contributed by atoms with Crippen LogP contribution in [0.4, 0.5) is 0 Å². The van der Waals surface area contributed by atoms with E-state index in [0.29, 0.717) is 11.6 Å². The SMILES string of the molecule is Cn1nnnc1-c1cc(-c2nnnn2C)cc(C(C)(C)C)c1. The third-order valence-electron chi connectivity index (χ3n) is 3.56. The number of rotatable bonds is 2. The lowest BCUT2D eigenvalue weighted by atomic mass is 9.85. The summed E-state index contributed by atoms with van der Waals surface area (Å²) in [6, 6.07) is 6.23. The molecule has 8 heteroatoms. The molecule has 0 bridgehead atoms. The lowest BCUT2D eigenvalue weighted by molar-refractivity contribution is 0.590. The van der Waals surface area contributed by atoms with E-state index in [-0.39, 0.29) is 5.41 Å². The first-order chi connectivity index (χ1) is 10.4. The zero-order valence-corrected chi connectivity index (χ0v) is 13.3. The molecular formula is C14H18N8. The van der Waals surface area contributed by atoms with Gasteiger partial charge >= 0.3 is 0 Å². The molecule has 0 aliphatic carbocycles. The maximum Gasteiger partial charge on any atom is 0.181 e. The zero-order valence-electron chi connectivity index (χ0n) is 13.3. The lowest BCUT2D eigenvalue weighted by Crippen LogP contribution is -2.12. The Hall–Kier alpha value is -2.64. The molecule has 1 aromatic carbocycles. The Balaban J connectivity index is 2.24. The molecule has 0 atom stereocenters. The van der Waals surface area contributed by atoms with Gasteiger partial charge in [-0.25, -0.2) is 9.36 Å². The van der Waals surface area contributed by atoms with Gasteiger partial charge in [0.25, 0.3) is 0 Å². The van der Waals surface area contributed by atoms with Gasteiger partial charge < -0.3 is 0 Å². The fourth-order valence-electron chi connectivity index (χ4n) is 2.27. The first-order valence-corrected chi connectivity index (χ1v) is 6.97. The van der Waals surface area contributed by atoms with Crippen LogP contribution in [0.15, 0.2) is 18.2 Å². The average Bonchev–Trinajstić information content (AvgIpc) is 3.06. The van der Waals surface area contributed by atoms with Crippen molar-refractivity contribution in [2.24, 2.45) is 14.1 Å². The Kier molecular flexibility index (Phi) is 3.23. The highest BCUT2D eigenvalue weighted by Crippen LogP contribution is 2.31. The molecule has 0 N–H and O–H groups in total. The van der Waals surface area contributed by atoms with E-state index in [9.17, 15) is 0 Å². The predicted octanol–water partition coefficient (Wildman–Crippen LogP) is 1.37. The monoisotopic (exact) mass is 298 g/mol. The molecule has 8 nitrogen and oxygen atoms in total. The summed E-state index contributed by atoms with van der Waals surface area (Å²) in [5, 5.41) is 23.4. The summed E-state index contributed by atoms with van der Waals surface area (Å²) in [5.41, 5.74) is 3.05. The van der Waals surface area contributed by atoms with E-state index in [2.05, 4.69) is 64.0 Å². The van der Waals surface area contributed by atoms with E-state index >= 15 is 0 Å². The van der Waals surface area contributed by atoms with Crippen LogP contribution in [0.2, 0.25) is 0 Å². The third-order valence-corrected chi connectivity index (χ3v) is 3.56. The van der Waals surface area contributed by atoms with Crippen LogP contribution < -0.4 is 0 Å². The van der Waals surface area contributed by atoms with E-state index in [1.54, 1.807) is 9.36 Å². The molecule has 3 rings (SSSR count). The average molecular weight is 298 g/mol. The normalized spacial score (nSPS) is 11.9. The van der Waals surface area contributed by atoms with Crippen molar-refractivity contribution in [1.29, 1.82) is 0 Å². The minimum Gasteiger partial charge on any atom is -0.229 e. The standard InChI is InChI=1S/C14H18N8/c1-14(2,3)11-7-9(12-15-17-19-21(12)4)6-10(8-11)13-16-18-20-22(13)5/h6-8H,1-5H3. The third kappa shape index (κ3) is 2.47. The molecule has 0 aliphatic rings. The van der Waals surface area contributed by atoms with Gasteiger partial charge in [0.15, 0.2) is 11.6 Å². The van der Waals surface area contributed by atoms with Crippen LogP contribution in [0.25, 0.3) is 22.8 Å². The van der Waals surface area contributed by atoms with Crippen LogP contribution >= 0.6 is 0 Å². The zero-order chi connectivity index (χ0) is 15.9. The van der Waals surface area contributed by atoms with Crippen LogP contribution in [-0.2, 0) is 19.5 Å². The van der Waals surface area contributed by atoms with Gasteiger partial charge in [-0.3, -0.25) is 0 Å². The molecule has 0 saturated carbocycles. The highest BCUT2D eigenvalue weighted by molar-refractivity contribution is 5.68. The molecule has 0 saturated heterocycles. The molecule has 0 fully saturated rings. The second kappa shape index (κ2) is 4.97. The van der Waals surface area contributed by atoms with Gasteiger partial charge in [0, 0.05) is 25.2 Å². The second-order valence-electron chi connectivity index (χ2n) is 6.30. The maximum atomic E-state index is 4.10. The summed E-state index contributed by atoms with van der Waals surface area (Å²) in [6.07, 6.45) is 0. The highest BCUT2D eigenvalue weighted by atomic mass is 15.5. The van der Waals surface area contributed by atoms with Crippen LogP contribution in [0.3, 0.4) is 0 Å². The Morgan fingerprint density at radius 3 is 1.55 bits per heavy atom. The summed E-state index contributed by atoms with van der Waals surface area (Å²) in [7, 11) is 3.64. The molecule has 114 valence electrons. The first kappa shape index (κ1) is 14.3. The van der Waals surface area contributed by atoms with Crippen molar-refractivity contribution in [3.63, 3.8) is 0 Å². The van der Waals surface area contributed by atoms with Crippen molar-refractivity contribution >= 4 is 0 Å². The molecule has 2 aromatic heterocycles. The Morgan fingerprint density at radius 1 is 0.773 bits per heavy atom. The van der Waals surface area contributed by atoms with Crippen molar-refractivity contribution in [3.8, 4) is 22.8 Å². The van der Waals surface area contributed by atoms with Crippen molar-refractivity contribution in [2.45, 2.75) is 26.2 Å². The molecule has 2 heterocycles. The van der Waals surface area contributed by atoms with Crippen molar-refractivity contribution in [3.05, 3.63) is 23.8 Å². The molecule has 0 spiro atoms. The summed E-state index contributed by atoms with van der Waals surface area (Å²) in [5.74, 6) is 1.42. The Morgan fingerprint density at radius 2 is 1.23 bits per heavy atom. The number of hydrogen-bond donors (Lipinski definition) is 0. The summed E-state index contributed by atoms with van der Waals surface area (Å²) in [6.45, 7) is 6.50. The van der Waals surface area contributed by atoms with Gasteiger partial charge in [0.1, 0.15) is 0 Å². The molecule has 0 aliphatic heterocycles. The lowest BCUT2D eigenvalue weighted by Gasteiger charge is -2.21. The molecule has 22 heavy (non-hydrogen) atoms. The maximum absolute atomic E-state index is 4.10. The van der Waals surface area contributed by atoms with Crippen LogP contribution in [-0.4, -0.2) is 40.4 Å². The summed E-state index contributed by atoms with van der Waals surface area (Å²) >= 11 is 0. The first-order valence-electron chi connectivity index (χ1n) is 6.97. The number of benzene rings is 1. The van der Waals surface area contributed by atoms with Crippen LogP contribution in [0.1, 0.15) is 26.3 Å². The minimum absolute atomic E-state index is 0.0111. The van der Waals surface area contributed by atoms with Crippen molar-refractivity contribution in [2.75, 3.05) is 0 Å². The predicted molar refractivity (Wildman–Crippen MR) is 80.7 cm³/mol. The minimum atomic E-state index is -0.0111. The molecule has 0 radical (unpaired) electrons. The van der Waals surface area contributed by atoms with Gasteiger partial charge in [0.2, 0.25) is 0 Å².